The summed E-state index contributed by atoms with van der Waals surface area (Å²) >= 11 is 0. The third-order valence-corrected chi connectivity index (χ3v) is 10.9. The summed E-state index contributed by atoms with van der Waals surface area (Å²) in [6.07, 6.45) is -11.3. The van der Waals surface area contributed by atoms with Crippen LogP contribution in [-0.4, -0.2) is 147 Å². The molecule has 11 atom stereocenters. The van der Waals surface area contributed by atoms with Crippen LogP contribution in [0.1, 0.15) is 58.6 Å². The summed E-state index contributed by atoms with van der Waals surface area (Å²) < 4.78 is 40.7. The van der Waals surface area contributed by atoms with Crippen molar-refractivity contribution in [1.82, 2.24) is 20.9 Å². The summed E-state index contributed by atoms with van der Waals surface area (Å²) in [5.41, 5.74) is 3.61. The van der Waals surface area contributed by atoms with E-state index in [2.05, 4.69) is 16.0 Å². The van der Waals surface area contributed by atoms with E-state index < -0.39 is 113 Å². The average molecular weight is 948 g/mol. The molecule has 4 amide bonds. The first-order valence-corrected chi connectivity index (χ1v) is 21.1. The minimum atomic E-state index is -1.85. The lowest BCUT2D eigenvalue weighted by molar-refractivity contribution is -0.385. The molecule has 0 aromatic heterocycles. The van der Waals surface area contributed by atoms with Crippen LogP contribution >= 0.6 is 0 Å². The highest BCUT2D eigenvalue weighted by Gasteiger charge is 2.55. The number of nitrogens with zero attached hydrogens (tertiary/aromatic N) is 3. The molecule has 25 heteroatoms. The molecule has 0 radical (unpaired) electrons. The molecule has 8 N–H and O–H groups in total. The molecule has 2 fully saturated rings. The maximum Gasteiger partial charge on any atom is 0.410 e. The van der Waals surface area contributed by atoms with Gasteiger partial charge in [-0.05, 0) is 82.0 Å². The van der Waals surface area contributed by atoms with Gasteiger partial charge in [0, 0.05) is 38.2 Å². The number of aliphatic hydroxyl groups excluding tert-OH is 2. The van der Waals surface area contributed by atoms with E-state index in [9.17, 15) is 54.7 Å². The van der Waals surface area contributed by atoms with E-state index in [1.165, 1.54) is 69.4 Å². The zero-order chi connectivity index (χ0) is 49.4. The Bertz CT molecular complexity index is 2120. The average Bonchev–Trinajstić information content (AvgIpc) is 3.25. The monoisotopic (exact) mass is 947 g/mol. The fraction of sp³-hybridized carbons (Fsp3) is 0.571. The highest BCUT2D eigenvalue weighted by atomic mass is 16.7. The number of nitrogens with two attached hydrogens (primary N) is 1. The van der Waals surface area contributed by atoms with Crippen molar-refractivity contribution < 1.29 is 77.5 Å². The third kappa shape index (κ3) is 13.9. The number of aliphatic hydroxyl groups is 3. The summed E-state index contributed by atoms with van der Waals surface area (Å²) in [6, 6.07) is 5.72. The number of likely N-dealkylation sites (N-methyl/N-ethyl adjacent to an activating group) is 1. The number of alkyl carbamates (subject to hydrolysis) is 2. The summed E-state index contributed by atoms with van der Waals surface area (Å²) in [6.45, 7) is 6.22. The first-order chi connectivity index (χ1) is 31.5. The quantitative estimate of drug-likeness (QED) is 0.0759. The van der Waals surface area contributed by atoms with Gasteiger partial charge in [-0.1, -0.05) is 0 Å². The van der Waals surface area contributed by atoms with Gasteiger partial charge in [0.2, 0.25) is 12.2 Å². The van der Waals surface area contributed by atoms with Gasteiger partial charge in [-0.25, -0.2) is 14.4 Å². The highest BCUT2D eigenvalue weighted by molar-refractivity contribution is 5.73. The number of carbonyl (C=O) groups is 4. The van der Waals surface area contributed by atoms with Crippen molar-refractivity contribution in [3.63, 3.8) is 0 Å². The molecule has 1 aliphatic carbocycles. The molecule has 2 aliphatic heterocycles. The predicted molar refractivity (Wildman–Crippen MR) is 229 cm³/mol. The summed E-state index contributed by atoms with van der Waals surface area (Å²) in [5, 5.41) is 65.5. The van der Waals surface area contributed by atoms with Gasteiger partial charge in [-0.15, -0.1) is 0 Å². The van der Waals surface area contributed by atoms with Crippen molar-refractivity contribution >= 4 is 35.6 Å². The van der Waals surface area contributed by atoms with Gasteiger partial charge in [-0.2, -0.15) is 0 Å². The van der Waals surface area contributed by atoms with Gasteiger partial charge in [0.25, 0.3) is 11.4 Å². The van der Waals surface area contributed by atoms with Crippen LogP contribution < -0.4 is 21.7 Å². The largest absolute Gasteiger partial charge is 0.466 e. The normalized spacial score (nSPS) is 28.4. The number of benzene rings is 2. The molecule has 2 aromatic rings. The van der Waals surface area contributed by atoms with Crippen LogP contribution in [0.5, 0.6) is 0 Å². The molecule has 1 saturated heterocycles. The summed E-state index contributed by atoms with van der Waals surface area (Å²) in [4.78, 5) is 74.4. The van der Waals surface area contributed by atoms with Crippen LogP contribution in [0.25, 0.3) is 0 Å². The molecular weight excluding hydrogens is 890 g/mol. The number of non-ortho nitro benzene ring substituents is 2. The van der Waals surface area contributed by atoms with E-state index in [0.29, 0.717) is 11.1 Å². The van der Waals surface area contributed by atoms with Crippen LogP contribution in [0.4, 0.5) is 25.8 Å². The first-order valence-electron chi connectivity index (χ1n) is 21.1. The number of ether oxygens (including phenoxy) is 7. The van der Waals surface area contributed by atoms with Crippen molar-refractivity contribution in [2.45, 2.75) is 133 Å². The van der Waals surface area contributed by atoms with Crippen molar-refractivity contribution in [3.05, 3.63) is 91.7 Å². The number of hydrogen-bond acceptors (Lipinski definition) is 19. The van der Waals surface area contributed by atoms with Crippen LogP contribution in [0.3, 0.4) is 0 Å². The molecule has 67 heavy (non-hydrogen) atoms. The molecule has 0 bridgehead atoms. The summed E-state index contributed by atoms with van der Waals surface area (Å²) in [7, 11) is 1.30. The van der Waals surface area contributed by atoms with Crippen LogP contribution in [0, 0.1) is 20.2 Å². The standard InChI is InChI=1S/C42H57N7O18/c1-22(50)44-29-17-30(46-39(54)62-20-24-9-13-26(14-10-24)49(59)60)34(31(51)33(29)66-37-32(52)35(42(5,56)21-63-37)47(6)40(55)67-41(2,3)4)65-36-28(16-15-27(18-43)64-36)45-38(53)61-19-23-7-11-25(12-8-23)48(57)58/h7-15,28-37,51-52,56H,16-21,43H2,1-6H3,(H,44,50)(H,45,53)(H,46,54)/t28-,29-,30+,31-,32-,33+,34-,35-,36-,37-,42+/m1/s1. The fourth-order valence-electron chi connectivity index (χ4n) is 7.72. The predicted octanol–water partition coefficient (Wildman–Crippen LogP) is 1.73. The van der Waals surface area contributed by atoms with Crippen molar-refractivity contribution in [1.29, 1.82) is 0 Å². The van der Waals surface area contributed by atoms with Gasteiger partial charge in [0.1, 0.15) is 54.6 Å². The van der Waals surface area contributed by atoms with Crippen LogP contribution in [0.15, 0.2) is 60.4 Å². The second-order valence-electron chi connectivity index (χ2n) is 17.4. The number of amides is 4. The molecule has 25 nitrogen and oxygen atoms in total. The Kier molecular flexibility index (Phi) is 17.0. The molecule has 0 spiro atoms. The zero-order valence-electron chi connectivity index (χ0n) is 37.6. The van der Waals surface area contributed by atoms with Gasteiger partial charge in [0.15, 0.2) is 6.29 Å². The van der Waals surface area contributed by atoms with Crippen LogP contribution in [-0.2, 0) is 51.2 Å². The Morgan fingerprint density at radius 3 is 1.81 bits per heavy atom. The van der Waals surface area contributed by atoms with E-state index in [-0.39, 0.29) is 49.7 Å². The maximum absolute atomic E-state index is 13.4. The van der Waals surface area contributed by atoms with E-state index in [1.54, 1.807) is 26.8 Å². The number of nitro groups is 2. The Morgan fingerprint density at radius 2 is 1.33 bits per heavy atom. The lowest BCUT2D eigenvalue weighted by Gasteiger charge is -2.50. The molecule has 2 heterocycles. The Balaban J connectivity index is 1.42. The molecule has 1 saturated carbocycles. The Labute approximate surface area is 384 Å². The lowest BCUT2D eigenvalue weighted by atomic mass is 9.83. The van der Waals surface area contributed by atoms with E-state index >= 15 is 0 Å². The topological polar surface area (TPSA) is 345 Å². The maximum atomic E-state index is 13.4. The van der Waals surface area contributed by atoms with Gasteiger partial charge < -0.3 is 75.1 Å². The molecular formula is C42H57N7O18. The number of nitrogens with one attached hydrogen (secondary N) is 3. The lowest BCUT2D eigenvalue weighted by Crippen LogP contribution is -2.70. The molecule has 0 unspecified atom stereocenters. The number of hydrogen-bond donors (Lipinski definition) is 7. The minimum absolute atomic E-state index is 0.0606. The SMILES string of the molecule is CC(=O)N[C@@H]1C[C@H](NC(=O)OCc2ccc([N+](=O)[O-])cc2)[C@@H](O[C@H]2OC(CN)=CC[C@H]2NC(=O)OCc2ccc([N+](=O)[O-])cc2)[C@H](O)[C@H]1O[C@H]1OC[C@](C)(O)[C@H](N(C)C(=O)OC(C)(C)C)[C@H]1O. The van der Waals surface area contributed by atoms with Crippen LogP contribution in [0.2, 0.25) is 0 Å². The van der Waals surface area contributed by atoms with E-state index in [4.69, 9.17) is 38.9 Å². The molecule has 3 aliphatic rings. The number of rotatable bonds is 15. The second kappa shape index (κ2) is 22.1. The first kappa shape index (κ1) is 51.8. The van der Waals surface area contributed by atoms with Gasteiger partial charge in [-0.3, -0.25) is 25.0 Å². The molecule has 5 rings (SSSR count). The molecule has 2 aromatic carbocycles. The van der Waals surface area contributed by atoms with Crippen molar-refractivity contribution in [2.75, 3.05) is 20.2 Å². The van der Waals surface area contributed by atoms with E-state index in [0.717, 1.165) is 4.90 Å². The third-order valence-electron chi connectivity index (χ3n) is 10.9. The smallest absolute Gasteiger partial charge is 0.410 e. The molecule has 368 valence electrons. The highest BCUT2D eigenvalue weighted by Crippen LogP contribution is 2.35. The van der Waals surface area contributed by atoms with Crippen molar-refractivity contribution in [3.8, 4) is 0 Å². The Morgan fingerprint density at radius 1 is 0.836 bits per heavy atom. The minimum Gasteiger partial charge on any atom is -0.466 e. The number of nitro benzene ring substituents is 2. The fourth-order valence-corrected chi connectivity index (χ4v) is 7.72. The Hall–Kier alpha value is -6.22. The van der Waals surface area contributed by atoms with Gasteiger partial charge >= 0.3 is 18.3 Å². The number of carbonyl (C=O) groups excluding carboxylic acids is 4. The second-order valence-corrected chi connectivity index (χ2v) is 17.4. The summed E-state index contributed by atoms with van der Waals surface area (Å²) in [5.74, 6) is -0.362. The zero-order valence-corrected chi connectivity index (χ0v) is 37.6. The van der Waals surface area contributed by atoms with E-state index in [1.807, 2.05) is 0 Å². The van der Waals surface area contributed by atoms with Gasteiger partial charge in [0.05, 0.1) is 47.2 Å². The van der Waals surface area contributed by atoms with Crippen molar-refractivity contribution in [2.24, 2.45) is 5.73 Å².